The van der Waals surface area contributed by atoms with Gasteiger partial charge in [-0.15, -0.1) is 0 Å². The predicted molar refractivity (Wildman–Crippen MR) is 232 cm³/mol. The van der Waals surface area contributed by atoms with Crippen molar-refractivity contribution in [1.29, 1.82) is 0 Å². The fourth-order valence-corrected chi connectivity index (χ4v) is 10.7. The van der Waals surface area contributed by atoms with E-state index >= 15 is 0 Å². The Morgan fingerprint density at radius 1 is 0.310 bits per heavy atom. The minimum absolute atomic E-state index is 0. The molecule has 0 aromatic rings. The standard InChI is InChI=1S/3C16H30O3.Al/c3*1-7-11(4)16(12(5)8-2,13(6)9-3)14(17)10-15(18)19;/h3*11-13H,7-10H2,1-6H3,(H,18,19);/q;;;+3/p-3. The van der Waals surface area contributed by atoms with Crippen molar-refractivity contribution in [2.75, 3.05) is 0 Å². The molecule has 0 fully saturated rings. The third kappa shape index (κ3) is 15.1. The number of rotatable bonds is 27. The summed E-state index contributed by atoms with van der Waals surface area (Å²) < 4.78 is 0. The molecule has 9 nitrogen and oxygen atoms in total. The van der Waals surface area contributed by atoms with E-state index in [0.717, 1.165) is 57.8 Å². The van der Waals surface area contributed by atoms with Crippen LogP contribution in [0.25, 0.3) is 0 Å². The smallest absolute Gasteiger partial charge is 0.550 e. The number of carboxylic acids is 3. The second-order valence-electron chi connectivity index (χ2n) is 17.5. The van der Waals surface area contributed by atoms with Gasteiger partial charge in [-0.05, 0) is 53.3 Å². The van der Waals surface area contributed by atoms with E-state index in [1.165, 1.54) is 0 Å². The summed E-state index contributed by atoms with van der Waals surface area (Å²) in [5, 5.41) is 32.6. The van der Waals surface area contributed by atoms with Gasteiger partial charge in [-0.3, -0.25) is 14.4 Å². The molecule has 0 aliphatic heterocycles. The second-order valence-corrected chi connectivity index (χ2v) is 17.5. The molecule has 0 saturated carbocycles. The number of hydrogen-bond acceptors (Lipinski definition) is 9. The second kappa shape index (κ2) is 30.1. The van der Waals surface area contributed by atoms with Crippen LogP contribution in [0, 0.1) is 69.5 Å². The van der Waals surface area contributed by atoms with Gasteiger partial charge in [-0.25, -0.2) is 0 Å². The van der Waals surface area contributed by atoms with Crippen molar-refractivity contribution in [3.05, 3.63) is 0 Å². The summed E-state index contributed by atoms with van der Waals surface area (Å²) >= 11 is 0. The van der Waals surface area contributed by atoms with Crippen LogP contribution in [0.5, 0.6) is 0 Å². The zero-order valence-electron chi connectivity index (χ0n) is 40.4. The van der Waals surface area contributed by atoms with E-state index in [1.807, 2.05) is 0 Å². The zero-order chi connectivity index (χ0) is 45.6. The normalized spacial score (nSPS) is 18.9. The SMILES string of the molecule is CCC(C)C(C(=O)CC(=O)[O-])(C(C)CC)C(C)CC.CCC(C)C(C(=O)CC(=O)[O-])(C(C)CC)C(C)CC.CCC(C)C(C(=O)CC(=O)[O-])(C(C)CC)C(C)CC.[Al+3]. The fraction of sp³-hybridized carbons (Fsp3) is 0.875. The van der Waals surface area contributed by atoms with Gasteiger partial charge >= 0.3 is 17.4 Å². The van der Waals surface area contributed by atoms with Crippen LogP contribution in [0.15, 0.2) is 0 Å². The van der Waals surface area contributed by atoms with Crippen molar-refractivity contribution >= 4 is 52.6 Å². The molecule has 0 aromatic carbocycles. The number of aliphatic carboxylic acids is 3. The van der Waals surface area contributed by atoms with E-state index in [2.05, 4.69) is 125 Å². The van der Waals surface area contributed by atoms with E-state index in [0.29, 0.717) is 0 Å². The predicted octanol–water partition coefficient (Wildman–Crippen LogP) is 8.08. The third-order valence-electron chi connectivity index (χ3n) is 15.2. The molecule has 0 spiro atoms. The molecule has 0 aliphatic carbocycles. The molecule has 0 aliphatic rings. The van der Waals surface area contributed by atoms with Crippen molar-refractivity contribution in [3.8, 4) is 0 Å². The average molecular weight is 835 g/mol. The van der Waals surface area contributed by atoms with E-state index in [9.17, 15) is 44.1 Å². The van der Waals surface area contributed by atoms with E-state index < -0.39 is 53.4 Å². The van der Waals surface area contributed by atoms with Gasteiger partial charge in [0.2, 0.25) is 0 Å². The Bertz CT molecular complexity index is 1000. The van der Waals surface area contributed by atoms with Gasteiger partial charge in [0.25, 0.3) is 0 Å². The Morgan fingerprint density at radius 2 is 0.414 bits per heavy atom. The van der Waals surface area contributed by atoms with Crippen LogP contribution in [0.1, 0.15) is 202 Å². The number of carbonyl (C=O) groups is 6. The van der Waals surface area contributed by atoms with Crippen LogP contribution >= 0.6 is 0 Å². The first kappa shape index (κ1) is 62.6. The Labute approximate surface area is 366 Å². The molecule has 9 unspecified atom stereocenters. The number of carbonyl (C=O) groups excluding carboxylic acids is 6. The molecular formula is C48H87AlO9. The molecule has 58 heavy (non-hydrogen) atoms. The summed E-state index contributed by atoms with van der Waals surface area (Å²) in [6, 6.07) is 0. The first-order valence-electron chi connectivity index (χ1n) is 22.5. The van der Waals surface area contributed by atoms with E-state index in [-0.39, 0.29) is 88.0 Å². The largest absolute Gasteiger partial charge is 3.00 e. The molecule has 0 aromatic heterocycles. The molecule has 336 valence electrons. The van der Waals surface area contributed by atoms with Crippen molar-refractivity contribution in [2.45, 2.75) is 202 Å². The summed E-state index contributed by atoms with van der Waals surface area (Å²) in [5.41, 5.74) is -1.63. The fourth-order valence-electron chi connectivity index (χ4n) is 10.7. The first-order chi connectivity index (χ1) is 26.3. The van der Waals surface area contributed by atoms with Gasteiger partial charge in [0.15, 0.2) is 0 Å². The maximum Gasteiger partial charge on any atom is 3.00 e. The Kier molecular flexibility index (Phi) is 32.4. The Morgan fingerprint density at radius 3 is 0.483 bits per heavy atom. The summed E-state index contributed by atoms with van der Waals surface area (Å²) in [4.78, 5) is 70.5. The number of Topliss-reactive ketones (excluding diaryl/α,β-unsaturated/α-hetero) is 3. The molecule has 10 heteroatoms. The summed E-state index contributed by atoms with van der Waals surface area (Å²) in [7, 11) is 0. The van der Waals surface area contributed by atoms with Gasteiger partial charge in [-0.1, -0.05) is 182 Å². The van der Waals surface area contributed by atoms with Gasteiger partial charge in [0.05, 0.1) is 0 Å². The van der Waals surface area contributed by atoms with Crippen molar-refractivity contribution < 1.29 is 44.1 Å². The molecule has 0 N–H and O–H groups in total. The van der Waals surface area contributed by atoms with Crippen molar-refractivity contribution in [2.24, 2.45) is 69.5 Å². The first-order valence-corrected chi connectivity index (χ1v) is 22.5. The molecule has 0 amide bonds. The maximum absolute atomic E-state index is 12.7. The molecule has 0 radical (unpaired) electrons. The number of carboxylic acid groups (broad SMARTS) is 3. The topological polar surface area (TPSA) is 172 Å². The summed E-state index contributed by atoms with van der Waals surface area (Å²) in [6.45, 7) is 37.3. The quantitative estimate of drug-likeness (QED) is 0.0586. The molecular weight excluding hydrogens is 748 g/mol. The van der Waals surface area contributed by atoms with Crippen LogP contribution < -0.4 is 15.3 Å². The summed E-state index contributed by atoms with van der Waals surface area (Å²) in [5.74, 6) is -2.56. The Hall–Kier alpha value is -2.05. The van der Waals surface area contributed by atoms with Gasteiger partial charge < -0.3 is 29.7 Å². The third-order valence-corrected chi connectivity index (χ3v) is 15.2. The number of hydrogen-bond donors (Lipinski definition) is 0. The molecule has 9 atom stereocenters. The molecule has 0 bridgehead atoms. The van der Waals surface area contributed by atoms with Crippen LogP contribution in [-0.2, 0) is 28.8 Å². The van der Waals surface area contributed by atoms with Gasteiger partial charge in [0.1, 0.15) is 17.3 Å². The van der Waals surface area contributed by atoms with Crippen LogP contribution in [-0.4, -0.2) is 52.6 Å². The minimum atomic E-state index is -1.26. The molecule has 0 heterocycles. The van der Waals surface area contributed by atoms with E-state index in [1.54, 1.807) is 0 Å². The van der Waals surface area contributed by atoms with Crippen molar-refractivity contribution in [1.82, 2.24) is 0 Å². The molecule has 0 rings (SSSR count). The van der Waals surface area contributed by atoms with Gasteiger partial charge in [0, 0.05) is 53.4 Å². The minimum Gasteiger partial charge on any atom is -0.550 e. The summed E-state index contributed by atoms with van der Waals surface area (Å²) in [6.07, 6.45) is 6.56. The average Bonchev–Trinajstić information content (AvgIpc) is 3.16. The van der Waals surface area contributed by atoms with Crippen LogP contribution in [0.4, 0.5) is 0 Å². The number of ketones is 3. The van der Waals surface area contributed by atoms with Gasteiger partial charge in [-0.2, -0.15) is 0 Å². The monoisotopic (exact) mass is 835 g/mol. The van der Waals surface area contributed by atoms with Crippen LogP contribution in [0.2, 0.25) is 0 Å². The molecule has 0 saturated heterocycles. The van der Waals surface area contributed by atoms with E-state index in [4.69, 9.17) is 0 Å². The maximum atomic E-state index is 12.7. The Balaban J connectivity index is -0.000000374. The van der Waals surface area contributed by atoms with Crippen molar-refractivity contribution in [3.63, 3.8) is 0 Å². The zero-order valence-corrected chi connectivity index (χ0v) is 41.6. The van der Waals surface area contributed by atoms with Crippen LogP contribution in [0.3, 0.4) is 0 Å².